The Labute approximate surface area is 99.3 Å². The average molecular weight is 264 g/mol. The fraction of sp³-hybridized carbons (Fsp3) is 0.889. The topological polar surface area (TPSA) is 107 Å². The lowest BCUT2D eigenvalue weighted by atomic mass is 10.1. The van der Waals surface area contributed by atoms with Crippen LogP contribution in [-0.4, -0.2) is 78.8 Å². The molecule has 2 saturated heterocycles. The van der Waals surface area contributed by atoms with Crippen LogP contribution in [0.3, 0.4) is 0 Å². The van der Waals surface area contributed by atoms with Crippen LogP contribution >= 0.6 is 0 Å². The molecule has 0 radical (unpaired) electrons. The van der Waals surface area contributed by atoms with Gasteiger partial charge < -0.3 is 15.5 Å². The third-order valence-corrected chi connectivity index (χ3v) is 4.99. The lowest BCUT2D eigenvalue weighted by Crippen LogP contribution is -2.60. The summed E-state index contributed by atoms with van der Waals surface area (Å²) in [7, 11) is -3.25. The van der Waals surface area contributed by atoms with E-state index in [2.05, 4.69) is 5.32 Å². The molecule has 98 valence electrons. The molecule has 3 N–H and O–H groups in total. The number of hydrogen-bond acceptors (Lipinski definition) is 6. The molecule has 0 saturated carbocycles. The van der Waals surface area contributed by atoms with Crippen LogP contribution in [0.1, 0.15) is 0 Å². The number of hydrogen-bond donors (Lipinski definition) is 3. The first kappa shape index (κ1) is 12.7. The van der Waals surface area contributed by atoms with E-state index in [1.807, 2.05) is 0 Å². The van der Waals surface area contributed by atoms with Crippen LogP contribution < -0.4 is 5.32 Å². The van der Waals surface area contributed by atoms with Gasteiger partial charge in [-0.05, 0) is 0 Å². The Morgan fingerprint density at radius 2 is 2.06 bits per heavy atom. The molecule has 7 nitrogen and oxygen atoms in total. The highest BCUT2D eigenvalue weighted by Crippen LogP contribution is 2.21. The number of carboxylic acids is 1. The van der Waals surface area contributed by atoms with Gasteiger partial charge in [0, 0.05) is 19.6 Å². The number of aliphatic carboxylic acids is 1. The minimum absolute atomic E-state index is 0.155. The molecular weight excluding hydrogens is 248 g/mol. The summed E-state index contributed by atoms with van der Waals surface area (Å²) in [5.41, 5.74) is 0. The molecule has 2 fully saturated rings. The maximum atomic E-state index is 11.4. The van der Waals surface area contributed by atoms with E-state index in [4.69, 9.17) is 5.11 Å². The Hall–Kier alpha value is -0.700. The van der Waals surface area contributed by atoms with Crippen molar-refractivity contribution in [3.63, 3.8) is 0 Å². The second kappa shape index (κ2) is 4.52. The maximum Gasteiger partial charge on any atom is 0.322 e. The SMILES string of the molecule is O=C(O)C1CNCCN1C1CS(=O)(=O)CC1O. The van der Waals surface area contributed by atoms with Gasteiger partial charge >= 0.3 is 5.97 Å². The van der Waals surface area contributed by atoms with Crippen LogP contribution in [0.2, 0.25) is 0 Å². The van der Waals surface area contributed by atoms with E-state index >= 15 is 0 Å². The molecule has 0 spiro atoms. The molecule has 2 heterocycles. The fourth-order valence-corrected chi connectivity index (χ4v) is 4.29. The van der Waals surface area contributed by atoms with Crippen LogP contribution in [0.15, 0.2) is 0 Å². The molecule has 0 aromatic rings. The van der Waals surface area contributed by atoms with E-state index in [1.54, 1.807) is 4.90 Å². The molecule has 3 unspecified atom stereocenters. The predicted octanol–water partition coefficient (Wildman–Crippen LogP) is -2.50. The zero-order valence-corrected chi connectivity index (χ0v) is 10.1. The normalized spacial score (nSPS) is 38.1. The Bertz CT molecular complexity index is 410. The number of nitrogens with zero attached hydrogens (tertiary/aromatic N) is 1. The quantitative estimate of drug-likeness (QED) is 0.506. The summed E-state index contributed by atoms with van der Waals surface area (Å²) < 4.78 is 22.8. The van der Waals surface area contributed by atoms with E-state index in [9.17, 15) is 18.3 Å². The Morgan fingerprint density at radius 3 is 2.59 bits per heavy atom. The summed E-state index contributed by atoms with van der Waals surface area (Å²) in [5, 5.41) is 21.8. The molecule has 0 bridgehead atoms. The van der Waals surface area contributed by atoms with E-state index in [0.29, 0.717) is 13.1 Å². The zero-order valence-electron chi connectivity index (χ0n) is 9.24. The number of rotatable bonds is 2. The summed E-state index contributed by atoms with van der Waals surface area (Å²) in [5.74, 6) is -1.42. The molecule has 2 aliphatic rings. The van der Waals surface area contributed by atoms with Gasteiger partial charge in [0.15, 0.2) is 9.84 Å². The van der Waals surface area contributed by atoms with Gasteiger partial charge in [-0.2, -0.15) is 0 Å². The summed E-state index contributed by atoms with van der Waals surface area (Å²) in [6.45, 7) is 1.32. The first-order valence-electron chi connectivity index (χ1n) is 5.48. The standard InChI is InChI=1S/C9H16N2O5S/c12-8-5-17(15,16)4-7(8)11-2-1-10-3-6(11)9(13)14/h6-8,10,12H,1-5H2,(H,13,14). The van der Waals surface area contributed by atoms with Crippen LogP contribution in [0.25, 0.3) is 0 Å². The highest BCUT2D eigenvalue weighted by atomic mass is 32.2. The van der Waals surface area contributed by atoms with Crippen molar-refractivity contribution in [2.75, 3.05) is 31.1 Å². The minimum Gasteiger partial charge on any atom is -0.480 e. The highest BCUT2D eigenvalue weighted by Gasteiger charge is 2.44. The average Bonchev–Trinajstić information content (AvgIpc) is 2.52. The Morgan fingerprint density at radius 1 is 1.35 bits per heavy atom. The van der Waals surface area contributed by atoms with E-state index < -0.39 is 34.0 Å². The van der Waals surface area contributed by atoms with Gasteiger partial charge in [-0.25, -0.2) is 8.42 Å². The minimum atomic E-state index is -3.25. The fourth-order valence-electron chi connectivity index (χ4n) is 2.47. The second-order valence-electron chi connectivity index (χ2n) is 4.51. The summed E-state index contributed by atoms with van der Waals surface area (Å²) in [4.78, 5) is 12.7. The molecule has 2 rings (SSSR count). The molecule has 3 atom stereocenters. The first-order valence-corrected chi connectivity index (χ1v) is 7.30. The van der Waals surface area contributed by atoms with Crippen molar-refractivity contribution < 1.29 is 23.4 Å². The van der Waals surface area contributed by atoms with Gasteiger partial charge in [0.1, 0.15) is 6.04 Å². The van der Waals surface area contributed by atoms with Crippen molar-refractivity contribution in [3.8, 4) is 0 Å². The first-order chi connectivity index (χ1) is 7.91. The van der Waals surface area contributed by atoms with Crippen LogP contribution in [0, 0.1) is 0 Å². The number of aliphatic hydroxyl groups excluding tert-OH is 1. The largest absolute Gasteiger partial charge is 0.480 e. The van der Waals surface area contributed by atoms with Gasteiger partial charge in [0.25, 0.3) is 0 Å². The number of carboxylic acid groups (broad SMARTS) is 1. The van der Waals surface area contributed by atoms with Gasteiger partial charge in [-0.15, -0.1) is 0 Å². The summed E-state index contributed by atoms with van der Waals surface area (Å²) in [6.07, 6.45) is -0.986. The molecule has 17 heavy (non-hydrogen) atoms. The monoisotopic (exact) mass is 264 g/mol. The van der Waals surface area contributed by atoms with Crippen molar-refractivity contribution >= 4 is 15.8 Å². The van der Waals surface area contributed by atoms with Crippen molar-refractivity contribution in [2.45, 2.75) is 18.2 Å². The summed E-state index contributed by atoms with van der Waals surface area (Å²) >= 11 is 0. The van der Waals surface area contributed by atoms with Crippen molar-refractivity contribution in [3.05, 3.63) is 0 Å². The number of aliphatic hydroxyl groups is 1. The summed E-state index contributed by atoms with van der Waals surface area (Å²) in [6, 6.07) is -1.36. The second-order valence-corrected chi connectivity index (χ2v) is 6.66. The van der Waals surface area contributed by atoms with Crippen molar-refractivity contribution in [2.24, 2.45) is 0 Å². The highest BCUT2D eigenvalue weighted by molar-refractivity contribution is 7.91. The molecular formula is C9H16N2O5S. The molecule has 0 amide bonds. The Balaban J connectivity index is 2.17. The smallest absolute Gasteiger partial charge is 0.322 e. The molecule has 0 aromatic heterocycles. The van der Waals surface area contributed by atoms with Crippen molar-refractivity contribution in [1.29, 1.82) is 0 Å². The van der Waals surface area contributed by atoms with Crippen LogP contribution in [-0.2, 0) is 14.6 Å². The number of carbonyl (C=O) groups is 1. The van der Waals surface area contributed by atoms with E-state index in [0.717, 1.165) is 0 Å². The molecule has 0 aliphatic carbocycles. The molecule has 2 aliphatic heterocycles. The maximum absolute atomic E-state index is 11.4. The lowest BCUT2D eigenvalue weighted by Gasteiger charge is -2.38. The number of nitrogens with one attached hydrogen (secondary N) is 1. The van der Waals surface area contributed by atoms with E-state index in [1.165, 1.54) is 0 Å². The van der Waals surface area contributed by atoms with Gasteiger partial charge in [0.2, 0.25) is 0 Å². The number of piperazine rings is 1. The third kappa shape index (κ3) is 2.59. The lowest BCUT2D eigenvalue weighted by molar-refractivity contribution is -0.145. The van der Waals surface area contributed by atoms with Crippen molar-refractivity contribution in [1.82, 2.24) is 10.2 Å². The predicted molar refractivity (Wildman–Crippen MR) is 59.4 cm³/mol. The van der Waals surface area contributed by atoms with Gasteiger partial charge in [0.05, 0.1) is 23.7 Å². The molecule has 0 aromatic carbocycles. The number of sulfone groups is 1. The van der Waals surface area contributed by atoms with Crippen LogP contribution in [0.4, 0.5) is 0 Å². The van der Waals surface area contributed by atoms with Crippen LogP contribution in [0.5, 0.6) is 0 Å². The van der Waals surface area contributed by atoms with E-state index in [-0.39, 0.29) is 18.1 Å². The van der Waals surface area contributed by atoms with Gasteiger partial charge in [-0.1, -0.05) is 0 Å². The Kier molecular flexibility index (Phi) is 3.39. The third-order valence-electron chi connectivity index (χ3n) is 3.29. The zero-order chi connectivity index (χ0) is 12.6. The van der Waals surface area contributed by atoms with Gasteiger partial charge in [-0.3, -0.25) is 9.69 Å². The molecule has 8 heteroatoms.